The van der Waals surface area contributed by atoms with E-state index in [1.807, 2.05) is 6.92 Å². The van der Waals surface area contributed by atoms with Crippen molar-refractivity contribution in [3.8, 4) is 0 Å². The van der Waals surface area contributed by atoms with Gasteiger partial charge in [-0.2, -0.15) is 0 Å². The van der Waals surface area contributed by atoms with Crippen molar-refractivity contribution in [1.29, 1.82) is 0 Å². The Bertz CT molecular complexity index is 1010. The van der Waals surface area contributed by atoms with Crippen LogP contribution >= 0.6 is 11.8 Å². The molecule has 0 radical (unpaired) electrons. The van der Waals surface area contributed by atoms with Crippen molar-refractivity contribution in [2.75, 3.05) is 26.3 Å². The predicted molar refractivity (Wildman–Crippen MR) is 137 cm³/mol. The lowest BCUT2D eigenvalue weighted by Gasteiger charge is -2.46. The van der Waals surface area contributed by atoms with Crippen molar-refractivity contribution >= 4 is 35.6 Å². The van der Waals surface area contributed by atoms with Crippen molar-refractivity contribution in [2.45, 2.75) is 56.5 Å². The molecule has 0 aromatic rings. The highest BCUT2D eigenvalue weighted by molar-refractivity contribution is 8.03. The molecule has 2 N–H and O–H groups in total. The number of hydrogen-bond acceptors (Lipinski definition) is 8. The highest BCUT2D eigenvalue weighted by Crippen LogP contribution is 2.52. The first-order valence-electron chi connectivity index (χ1n) is 12.7. The molecule has 0 aromatic heterocycles. The molecule has 3 fully saturated rings. The van der Waals surface area contributed by atoms with E-state index in [9.17, 15) is 24.3 Å². The largest absolute Gasteiger partial charge is 0.457 e. The molecule has 0 spiro atoms. The number of hydrogen-bond donors (Lipinski definition) is 2. The lowest BCUT2D eigenvalue weighted by Crippen LogP contribution is -2.63. The fourth-order valence-electron chi connectivity index (χ4n) is 5.87. The van der Waals surface area contributed by atoms with E-state index in [1.54, 1.807) is 11.8 Å². The van der Waals surface area contributed by atoms with E-state index in [-0.39, 0.29) is 59.9 Å². The molecular formula is C26H35N3O7S. The van der Waals surface area contributed by atoms with E-state index < -0.39 is 24.1 Å². The average molecular weight is 534 g/mol. The minimum Gasteiger partial charge on any atom is -0.457 e. The molecule has 4 rings (SSSR count). The fraction of sp³-hybridized carbons (Fsp3) is 0.615. The number of amides is 3. The maximum atomic E-state index is 13.0. The quantitative estimate of drug-likeness (QED) is 0.247. The molecule has 3 saturated heterocycles. The van der Waals surface area contributed by atoms with Crippen LogP contribution in [-0.2, 0) is 23.9 Å². The molecule has 0 bridgehead atoms. The van der Waals surface area contributed by atoms with Gasteiger partial charge in [-0.25, -0.2) is 9.59 Å². The summed E-state index contributed by atoms with van der Waals surface area (Å²) < 4.78 is 10.6. The number of nitrogens with one attached hydrogen (secondary N) is 1. The highest BCUT2D eigenvalue weighted by Gasteiger charge is 2.60. The van der Waals surface area contributed by atoms with Gasteiger partial charge in [0.1, 0.15) is 18.9 Å². The number of ether oxygens (including phenoxy) is 2. The molecule has 1 unspecified atom stereocenters. The van der Waals surface area contributed by atoms with E-state index >= 15 is 0 Å². The Labute approximate surface area is 221 Å². The third-order valence-corrected chi connectivity index (χ3v) is 9.08. The number of esters is 1. The first-order valence-corrected chi connectivity index (χ1v) is 13.6. The molecule has 10 nitrogen and oxygen atoms in total. The van der Waals surface area contributed by atoms with Gasteiger partial charge in [0.25, 0.3) is 0 Å². The number of carbonyl (C=O) groups excluding carboxylic acids is 4. The highest BCUT2D eigenvalue weighted by atomic mass is 32.2. The Kier molecular flexibility index (Phi) is 8.33. The van der Waals surface area contributed by atoms with Crippen LogP contribution in [0.25, 0.3) is 0 Å². The van der Waals surface area contributed by atoms with E-state index in [1.165, 1.54) is 28.8 Å². The Morgan fingerprint density at radius 1 is 1.24 bits per heavy atom. The minimum absolute atomic E-state index is 0.00179. The van der Waals surface area contributed by atoms with Crippen LogP contribution in [0, 0.1) is 17.8 Å². The van der Waals surface area contributed by atoms with Gasteiger partial charge >= 0.3 is 12.1 Å². The van der Waals surface area contributed by atoms with Gasteiger partial charge in [0, 0.05) is 41.1 Å². The number of β-lactam (4-membered cyclic amide) rings is 1. The van der Waals surface area contributed by atoms with Gasteiger partial charge < -0.3 is 29.7 Å². The summed E-state index contributed by atoms with van der Waals surface area (Å²) in [5.41, 5.74) is 0.214. The summed E-state index contributed by atoms with van der Waals surface area (Å²) in [5, 5.41) is 13.0. The number of fused-ring (bicyclic) bond motifs is 1. The van der Waals surface area contributed by atoms with E-state index in [0.717, 1.165) is 11.3 Å². The number of rotatable bonds is 10. The van der Waals surface area contributed by atoms with E-state index in [0.29, 0.717) is 25.9 Å². The molecule has 4 heterocycles. The average Bonchev–Trinajstić information content (AvgIpc) is 3.52. The van der Waals surface area contributed by atoms with Gasteiger partial charge in [-0.15, -0.1) is 11.8 Å². The third-order valence-electron chi connectivity index (χ3n) is 7.58. The number of carbonyl (C=O) groups is 4. The molecule has 0 aliphatic carbocycles. The first kappa shape index (κ1) is 27.3. The summed E-state index contributed by atoms with van der Waals surface area (Å²) in [4.78, 5) is 54.9. The van der Waals surface area contributed by atoms with Gasteiger partial charge in [0.2, 0.25) is 11.8 Å². The van der Waals surface area contributed by atoms with Crippen LogP contribution in [0.15, 0.2) is 35.9 Å². The lowest BCUT2D eigenvalue weighted by molar-refractivity contribution is -0.164. The van der Waals surface area contributed by atoms with Crippen molar-refractivity contribution in [2.24, 2.45) is 17.8 Å². The second-order valence-electron chi connectivity index (χ2n) is 10.0. The predicted octanol–water partition coefficient (Wildman–Crippen LogP) is 1.81. The number of thioether (sulfide) groups is 1. The number of aliphatic hydroxyl groups is 1. The molecule has 202 valence electrons. The summed E-state index contributed by atoms with van der Waals surface area (Å²) >= 11 is 1.47. The van der Waals surface area contributed by atoms with Crippen LogP contribution in [-0.4, -0.2) is 88.5 Å². The zero-order valence-electron chi connectivity index (χ0n) is 21.3. The molecule has 37 heavy (non-hydrogen) atoms. The van der Waals surface area contributed by atoms with Crippen LogP contribution in [0.2, 0.25) is 0 Å². The van der Waals surface area contributed by atoms with Gasteiger partial charge in [-0.1, -0.05) is 32.2 Å². The zero-order valence-corrected chi connectivity index (χ0v) is 22.1. The minimum atomic E-state index is -0.838. The van der Waals surface area contributed by atoms with Crippen LogP contribution in [0.1, 0.15) is 33.1 Å². The summed E-state index contributed by atoms with van der Waals surface area (Å²) in [7, 11) is 0. The van der Waals surface area contributed by atoms with Crippen LogP contribution < -0.4 is 5.32 Å². The first-order chi connectivity index (χ1) is 17.7. The van der Waals surface area contributed by atoms with Crippen molar-refractivity contribution in [3.63, 3.8) is 0 Å². The number of likely N-dealkylation sites (tertiary alicyclic amines) is 1. The van der Waals surface area contributed by atoms with Crippen molar-refractivity contribution in [3.05, 3.63) is 35.9 Å². The second-order valence-corrected chi connectivity index (χ2v) is 11.4. The fourth-order valence-corrected chi connectivity index (χ4v) is 7.43. The molecule has 4 aliphatic rings. The molecule has 0 saturated carbocycles. The summed E-state index contributed by atoms with van der Waals surface area (Å²) in [6, 6.07) is -0.518. The monoisotopic (exact) mass is 533 g/mol. The van der Waals surface area contributed by atoms with Gasteiger partial charge in [0.15, 0.2) is 0 Å². The molecule has 4 aliphatic heterocycles. The van der Waals surface area contributed by atoms with Gasteiger partial charge in [0.05, 0.1) is 18.1 Å². The van der Waals surface area contributed by atoms with Crippen LogP contribution in [0.5, 0.6) is 0 Å². The molecule has 11 heteroatoms. The Morgan fingerprint density at radius 2 is 1.95 bits per heavy atom. The SMILES string of the molecule is C=CCOC(=O)C1=C(S[C@H]2C[C@@H](CC3CCNC3=O)N(C(=O)OCC=C)C2)[C@H](C)[C@@H]2[C@@H]([C@@H](C)O)C(=O)N12. The summed E-state index contributed by atoms with van der Waals surface area (Å²) in [6.45, 7) is 11.8. The number of nitrogens with zero attached hydrogens (tertiary/aromatic N) is 2. The molecule has 7 atom stereocenters. The smallest absolute Gasteiger partial charge is 0.410 e. The number of aliphatic hydroxyl groups excluding tert-OH is 1. The zero-order chi connectivity index (χ0) is 26.9. The Hall–Kier alpha value is -2.79. The Morgan fingerprint density at radius 3 is 2.57 bits per heavy atom. The summed E-state index contributed by atoms with van der Waals surface area (Å²) in [5.74, 6) is -1.83. The van der Waals surface area contributed by atoms with Crippen LogP contribution in [0.4, 0.5) is 4.79 Å². The van der Waals surface area contributed by atoms with Crippen molar-refractivity contribution in [1.82, 2.24) is 15.1 Å². The van der Waals surface area contributed by atoms with Gasteiger partial charge in [-0.05, 0) is 26.2 Å². The standard InChI is InChI=1S/C26H35N3O7S/c1-5-9-35-25(33)21-22(14(3)20-19(15(4)30)24(32)29(20)21)37-18-12-17(11-16-7-8-27-23(16)31)28(13-18)26(34)36-10-6-2/h5-6,14-20,30H,1-2,7-13H2,3-4H3,(H,27,31)/t14-,15-,16?,17-,18+,19-,20-/m1/s1. The molecule has 0 aromatic carbocycles. The normalized spacial score (nSPS) is 31.5. The van der Waals surface area contributed by atoms with E-state index in [2.05, 4.69) is 18.5 Å². The maximum absolute atomic E-state index is 13.0. The van der Waals surface area contributed by atoms with E-state index in [4.69, 9.17) is 9.47 Å². The Balaban J connectivity index is 1.57. The summed E-state index contributed by atoms with van der Waals surface area (Å²) in [6.07, 6.45) is 3.54. The van der Waals surface area contributed by atoms with Gasteiger partial charge in [-0.3, -0.25) is 9.59 Å². The molecular weight excluding hydrogens is 498 g/mol. The van der Waals surface area contributed by atoms with Crippen LogP contribution in [0.3, 0.4) is 0 Å². The topological polar surface area (TPSA) is 125 Å². The third kappa shape index (κ3) is 5.16. The second kappa shape index (κ2) is 11.3. The maximum Gasteiger partial charge on any atom is 0.410 e. The van der Waals surface area contributed by atoms with Crippen molar-refractivity contribution < 1.29 is 33.8 Å². The lowest BCUT2D eigenvalue weighted by atomic mass is 9.79. The molecule has 3 amide bonds.